The number of rotatable bonds is 9. The molecule has 0 spiro atoms. The minimum Gasteiger partial charge on any atom is -0.497 e. The third-order valence-corrected chi connectivity index (χ3v) is 5.55. The Labute approximate surface area is 139 Å². The van der Waals surface area contributed by atoms with E-state index in [0.29, 0.717) is 15.7 Å². The second kappa shape index (κ2) is 8.88. The van der Waals surface area contributed by atoms with E-state index >= 15 is 0 Å². The van der Waals surface area contributed by atoms with Crippen LogP contribution < -0.4 is 4.74 Å². The van der Waals surface area contributed by atoms with Gasteiger partial charge in [-0.3, -0.25) is 9.36 Å². The SMILES string of the molecule is CCOP(=O)(CC(=O)c1ccc(OC)cc1CI)OCC. The van der Waals surface area contributed by atoms with Crippen LogP contribution in [-0.2, 0) is 18.0 Å². The molecule has 0 aromatic heterocycles. The highest BCUT2D eigenvalue weighted by Crippen LogP contribution is 2.48. The number of hydrogen-bond acceptors (Lipinski definition) is 5. The van der Waals surface area contributed by atoms with E-state index in [-0.39, 0.29) is 25.2 Å². The Bertz CT molecular complexity index is 522. The zero-order valence-electron chi connectivity index (χ0n) is 12.4. The van der Waals surface area contributed by atoms with Gasteiger partial charge in [0.2, 0.25) is 0 Å². The maximum Gasteiger partial charge on any atom is 0.338 e. The second-order valence-electron chi connectivity index (χ2n) is 4.18. The summed E-state index contributed by atoms with van der Waals surface area (Å²) in [7, 11) is -1.80. The first-order valence-electron chi connectivity index (χ1n) is 6.63. The van der Waals surface area contributed by atoms with E-state index in [1.807, 2.05) is 6.07 Å². The van der Waals surface area contributed by atoms with Gasteiger partial charge in [0.25, 0.3) is 0 Å². The van der Waals surface area contributed by atoms with Crippen LogP contribution in [0, 0.1) is 0 Å². The van der Waals surface area contributed by atoms with Gasteiger partial charge < -0.3 is 13.8 Å². The predicted octanol–water partition coefficient (Wildman–Crippen LogP) is 4.08. The molecular weight excluding hydrogens is 406 g/mol. The summed E-state index contributed by atoms with van der Waals surface area (Å²) in [6, 6.07) is 5.22. The lowest BCUT2D eigenvalue weighted by molar-refractivity contribution is 0.100. The van der Waals surface area contributed by atoms with Gasteiger partial charge in [0.05, 0.1) is 20.3 Å². The number of ether oxygens (including phenoxy) is 1. The van der Waals surface area contributed by atoms with Crippen molar-refractivity contribution in [3.05, 3.63) is 29.3 Å². The van der Waals surface area contributed by atoms with Gasteiger partial charge in [-0.05, 0) is 37.6 Å². The first-order valence-corrected chi connectivity index (χ1v) is 9.89. The van der Waals surface area contributed by atoms with Gasteiger partial charge in [0.1, 0.15) is 11.9 Å². The molecule has 0 amide bonds. The molecule has 0 saturated heterocycles. The summed E-state index contributed by atoms with van der Waals surface area (Å²) < 4.78 is 28.6. The van der Waals surface area contributed by atoms with Crippen molar-refractivity contribution in [2.24, 2.45) is 0 Å². The minimum atomic E-state index is -3.37. The number of Topliss-reactive ketones (excluding diaryl/α,β-unsaturated/α-hetero) is 1. The molecule has 0 saturated carbocycles. The zero-order valence-corrected chi connectivity index (χ0v) is 15.5. The number of alkyl halides is 1. The van der Waals surface area contributed by atoms with Crippen LogP contribution >= 0.6 is 30.2 Å². The summed E-state index contributed by atoms with van der Waals surface area (Å²) in [5.74, 6) is 0.450. The van der Waals surface area contributed by atoms with Gasteiger partial charge >= 0.3 is 7.60 Å². The lowest BCUT2D eigenvalue weighted by Crippen LogP contribution is -2.12. The summed E-state index contributed by atoms with van der Waals surface area (Å²) in [4.78, 5) is 12.4. The van der Waals surface area contributed by atoms with Crippen molar-refractivity contribution in [2.45, 2.75) is 18.3 Å². The molecule has 0 fully saturated rings. The van der Waals surface area contributed by atoms with E-state index < -0.39 is 7.60 Å². The van der Waals surface area contributed by atoms with Gasteiger partial charge in [-0.15, -0.1) is 0 Å². The predicted molar refractivity (Wildman–Crippen MR) is 90.8 cm³/mol. The maximum atomic E-state index is 12.4. The van der Waals surface area contributed by atoms with E-state index in [4.69, 9.17) is 13.8 Å². The molecule has 0 bridgehead atoms. The van der Waals surface area contributed by atoms with Crippen LogP contribution in [0.3, 0.4) is 0 Å². The van der Waals surface area contributed by atoms with Gasteiger partial charge in [-0.2, -0.15) is 0 Å². The molecule has 5 nitrogen and oxygen atoms in total. The first kappa shape index (κ1) is 18.6. The summed E-state index contributed by atoms with van der Waals surface area (Å²) in [5.41, 5.74) is 1.38. The summed E-state index contributed by atoms with van der Waals surface area (Å²) >= 11 is 2.18. The van der Waals surface area contributed by atoms with Crippen molar-refractivity contribution >= 4 is 36.0 Å². The highest BCUT2D eigenvalue weighted by molar-refractivity contribution is 14.1. The zero-order chi connectivity index (χ0) is 15.9. The molecule has 118 valence electrons. The van der Waals surface area contributed by atoms with Crippen LogP contribution in [-0.4, -0.2) is 32.3 Å². The molecule has 0 atom stereocenters. The molecule has 1 rings (SSSR count). The lowest BCUT2D eigenvalue weighted by atomic mass is 10.1. The molecule has 1 aromatic carbocycles. The van der Waals surface area contributed by atoms with Gasteiger partial charge in [0.15, 0.2) is 5.78 Å². The number of carbonyl (C=O) groups is 1. The largest absolute Gasteiger partial charge is 0.497 e. The normalized spacial score (nSPS) is 11.4. The van der Waals surface area contributed by atoms with E-state index in [2.05, 4.69) is 22.6 Å². The van der Waals surface area contributed by atoms with Crippen molar-refractivity contribution in [3.8, 4) is 5.75 Å². The summed E-state index contributed by atoms with van der Waals surface area (Å²) in [5, 5.41) is 0. The smallest absolute Gasteiger partial charge is 0.338 e. The molecular formula is C14H20IO5P. The van der Waals surface area contributed by atoms with Gasteiger partial charge in [0, 0.05) is 9.99 Å². The Morgan fingerprint density at radius 3 is 2.33 bits per heavy atom. The summed E-state index contributed by atoms with van der Waals surface area (Å²) in [6.45, 7) is 3.93. The minimum absolute atomic E-state index is 0.241. The average Bonchev–Trinajstić information content (AvgIpc) is 2.46. The topological polar surface area (TPSA) is 61.8 Å². The number of carbonyl (C=O) groups excluding carboxylic acids is 1. The Balaban J connectivity index is 3.00. The quantitative estimate of drug-likeness (QED) is 0.258. The summed E-state index contributed by atoms with van der Waals surface area (Å²) in [6.07, 6.45) is -0.245. The molecule has 0 unspecified atom stereocenters. The van der Waals surface area contributed by atoms with E-state index in [1.54, 1.807) is 33.1 Å². The fraction of sp³-hybridized carbons (Fsp3) is 0.500. The highest BCUT2D eigenvalue weighted by atomic mass is 127. The molecule has 1 aromatic rings. The Hall–Kier alpha value is -0.430. The van der Waals surface area contributed by atoms with E-state index in [9.17, 15) is 9.36 Å². The monoisotopic (exact) mass is 426 g/mol. The molecule has 0 radical (unpaired) electrons. The third-order valence-electron chi connectivity index (χ3n) is 2.75. The number of benzene rings is 1. The van der Waals surface area contributed by atoms with Gasteiger partial charge in [-0.1, -0.05) is 22.6 Å². The fourth-order valence-electron chi connectivity index (χ4n) is 1.86. The fourth-order valence-corrected chi connectivity index (χ4v) is 4.06. The van der Waals surface area contributed by atoms with Gasteiger partial charge in [-0.25, -0.2) is 0 Å². The van der Waals surface area contributed by atoms with Crippen LogP contribution in [0.2, 0.25) is 0 Å². The maximum absolute atomic E-state index is 12.4. The molecule has 0 N–H and O–H groups in total. The molecule has 21 heavy (non-hydrogen) atoms. The first-order chi connectivity index (χ1) is 9.99. The molecule has 0 aliphatic rings. The molecule has 7 heteroatoms. The van der Waals surface area contributed by atoms with Crippen molar-refractivity contribution in [3.63, 3.8) is 0 Å². The molecule has 0 heterocycles. The number of methoxy groups -OCH3 is 1. The molecule has 0 aliphatic heterocycles. The van der Waals surface area contributed by atoms with Crippen LogP contribution in [0.1, 0.15) is 29.8 Å². The number of halogens is 1. The molecule has 0 aliphatic carbocycles. The second-order valence-corrected chi connectivity index (χ2v) is 7.00. The van der Waals surface area contributed by atoms with Crippen LogP contribution in [0.25, 0.3) is 0 Å². The average molecular weight is 426 g/mol. The van der Waals surface area contributed by atoms with E-state index in [1.165, 1.54) is 0 Å². The van der Waals surface area contributed by atoms with E-state index in [0.717, 1.165) is 5.56 Å². The number of ketones is 1. The van der Waals surface area contributed by atoms with Crippen molar-refractivity contribution in [2.75, 3.05) is 26.5 Å². The van der Waals surface area contributed by atoms with Crippen LogP contribution in [0.15, 0.2) is 18.2 Å². The van der Waals surface area contributed by atoms with Crippen molar-refractivity contribution in [1.29, 1.82) is 0 Å². The third kappa shape index (κ3) is 5.36. The van der Waals surface area contributed by atoms with Crippen LogP contribution in [0.5, 0.6) is 5.75 Å². The standard InChI is InChI=1S/C14H20IO5P/c1-4-19-21(17,20-5-2)10-14(16)13-7-6-12(18-3)8-11(13)9-15/h6-8H,4-5,9-10H2,1-3H3. The Kier molecular flexibility index (Phi) is 7.87. The number of hydrogen-bond donors (Lipinski definition) is 0. The van der Waals surface area contributed by atoms with Crippen LogP contribution in [0.4, 0.5) is 0 Å². The lowest BCUT2D eigenvalue weighted by Gasteiger charge is -2.17. The van der Waals surface area contributed by atoms with Crippen molar-refractivity contribution < 1.29 is 23.1 Å². The van der Waals surface area contributed by atoms with Crippen molar-refractivity contribution in [1.82, 2.24) is 0 Å². The Morgan fingerprint density at radius 2 is 1.86 bits per heavy atom. The highest BCUT2D eigenvalue weighted by Gasteiger charge is 2.29. The Morgan fingerprint density at radius 1 is 1.24 bits per heavy atom.